The van der Waals surface area contributed by atoms with Gasteiger partial charge in [-0.3, -0.25) is 10.2 Å². The quantitative estimate of drug-likeness (QED) is 0.313. The lowest BCUT2D eigenvalue weighted by Crippen LogP contribution is -2.44. The molecule has 3 heterocycles. The third kappa shape index (κ3) is 5.49. The van der Waals surface area contributed by atoms with E-state index in [1.54, 1.807) is 24.3 Å². The van der Waals surface area contributed by atoms with Crippen molar-refractivity contribution in [2.24, 2.45) is 4.99 Å². The summed E-state index contributed by atoms with van der Waals surface area (Å²) in [7, 11) is 0. The van der Waals surface area contributed by atoms with Crippen LogP contribution in [0.2, 0.25) is 0 Å². The number of anilines is 2. The number of aryl methyl sites for hydroxylation is 1. The van der Waals surface area contributed by atoms with Crippen molar-refractivity contribution in [2.45, 2.75) is 26.1 Å². The molecule has 1 atom stereocenters. The van der Waals surface area contributed by atoms with Gasteiger partial charge in [0.25, 0.3) is 0 Å². The zero-order valence-corrected chi connectivity index (χ0v) is 22.0. The number of urea groups is 1. The van der Waals surface area contributed by atoms with E-state index in [1.807, 2.05) is 11.8 Å². The molecule has 0 fully saturated rings. The third-order valence-corrected chi connectivity index (χ3v) is 6.70. The highest BCUT2D eigenvalue weighted by molar-refractivity contribution is 6.12. The summed E-state index contributed by atoms with van der Waals surface area (Å²) in [5.74, 6) is 0.815. The SMILES string of the molecule is Cc1ccc2c(c1)N1C(=CC2C)CN=C1NC(=O)Nc1ccc(-c2ncn(-c3ccc(OC(F)(F)F)cc3)n2)cc1. The van der Waals surface area contributed by atoms with Gasteiger partial charge in [-0.1, -0.05) is 25.1 Å². The maximum Gasteiger partial charge on any atom is 0.573 e. The van der Waals surface area contributed by atoms with Gasteiger partial charge in [0.1, 0.15) is 12.1 Å². The second kappa shape index (κ2) is 10.1. The Balaban J connectivity index is 1.10. The molecule has 1 unspecified atom stereocenters. The minimum atomic E-state index is -4.76. The number of fused-ring (bicyclic) bond motifs is 3. The van der Waals surface area contributed by atoms with E-state index in [0.29, 0.717) is 35.3 Å². The molecule has 208 valence electrons. The van der Waals surface area contributed by atoms with Crippen LogP contribution in [0.25, 0.3) is 17.1 Å². The number of halogens is 3. The normalized spacial score (nSPS) is 15.9. The highest BCUT2D eigenvalue weighted by Gasteiger charge is 2.32. The minimum absolute atomic E-state index is 0.262. The fourth-order valence-electron chi connectivity index (χ4n) is 4.82. The first-order valence-electron chi connectivity index (χ1n) is 12.7. The maximum atomic E-state index is 12.9. The van der Waals surface area contributed by atoms with Crippen molar-refractivity contribution >= 4 is 23.4 Å². The van der Waals surface area contributed by atoms with E-state index in [-0.39, 0.29) is 11.7 Å². The van der Waals surface area contributed by atoms with Gasteiger partial charge in [0, 0.05) is 22.9 Å². The van der Waals surface area contributed by atoms with Crippen LogP contribution in [-0.4, -0.2) is 39.7 Å². The summed E-state index contributed by atoms with van der Waals surface area (Å²) in [6.07, 6.45) is -1.13. The number of nitrogens with zero attached hydrogens (tertiary/aromatic N) is 5. The number of carbonyl (C=O) groups excluding carboxylic acids is 1. The van der Waals surface area contributed by atoms with Gasteiger partial charge >= 0.3 is 12.4 Å². The Morgan fingerprint density at radius 1 is 1.02 bits per heavy atom. The Labute approximate surface area is 233 Å². The molecule has 6 rings (SSSR count). The van der Waals surface area contributed by atoms with Crippen LogP contribution in [-0.2, 0) is 0 Å². The van der Waals surface area contributed by atoms with Crippen molar-refractivity contribution in [2.75, 3.05) is 16.8 Å². The lowest BCUT2D eigenvalue weighted by molar-refractivity contribution is -0.274. The highest BCUT2D eigenvalue weighted by Crippen LogP contribution is 2.39. The van der Waals surface area contributed by atoms with Gasteiger partial charge in [-0.15, -0.1) is 18.3 Å². The van der Waals surface area contributed by atoms with Crippen LogP contribution in [0.15, 0.2) is 89.8 Å². The lowest BCUT2D eigenvalue weighted by atomic mass is 9.92. The number of aromatic nitrogens is 3. The molecular formula is C29H24F3N7O2. The molecule has 9 nitrogen and oxygen atoms in total. The van der Waals surface area contributed by atoms with Crippen LogP contribution in [0.1, 0.15) is 24.0 Å². The summed E-state index contributed by atoms with van der Waals surface area (Å²) < 4.78 is 42.5. The molecule has 0 bridgehead atoms. The summed E-state index contributed by atoms with van der Waals surface area (Å²) in [5, 5.41) is 10.1. The summed E-state index contributed by atoms with van der Waals surface area (Å²) in [6, 6.07) is 18.1. The number of guanidine groups is 1. The van der Waals surface area contributed by atoms with Crippen molar-refractivity contribution in [3.63, 3.8) is 0 Å². The van der Waals surface area contributed by atoms with E-state index in [2.05, 4.69) is 61.6 Å². The summed E-state index contributed by atoms with van der Waals surface area (Å²) in [5.41, 5.74) is 6.12. The molecular weight excluding hydrogens is 535 g/mol. The largest absolute Gasteiger partial charge is 0.573 e. The number of ether oxygens (including phenoxy) is 1. The third-order valence-electron chi connectivity index (χ3n) is 6.70. The average molecular weight is 560 g/mol. The Morgan fingerprint density at radius 3 is 2.51 bits per heavy atom. The van der Waals surface area contributed by atoms with Gasteiger partial charge in [0.2, 0.25) is 5.96 Å². The predicted octanol–water partition coefficient (Wildman–Crippen LogP) is 6.14. The van der Waals surface area contributed by atoms with E-state index in [9.17, 15) is 18.0 Å². The molecule has 0 aliphatic carbocycles. The van der Waals surface area contributed by atoms with Crippen LogP contribution >= 0.6 is 0 Å². The van der Waals surface area contributed by atoms with Crippen LogP contribution in [0, 0.1) is 6.92 Å². The number of rotatable bonds is 4. The molecule has 0 saturated heterocycles. The Morgan fingerprint density at radius 2 is 1.78 bits per heavy atom. The van der Waals surface area contributed by atoms with E-state index in [0.717, 1.165) is 16.9 Å². The highest BCUT2D eigenvalue weighted by atomic mass is 19.4. The number of allylic oxidation sites excluding steroid dienone is 1. The molecule has 0 radical (unpaired) electrons. The second-order valence-corrected chi connectivity index (χ2v) is 9.70. The van der Waals surface area contributed by atoms with Crippen molar-refractivity contribution < 1.29 is 22.7 Å². The molecule has 2 aliphatic rings. The van der Waals surface area contributed by atoms with Gasteiger partial charge < -0.3 is 10.1 Å². The first-order chi connectivity index (χ1) is 19.6. The molecule has 2 N–H and O–H groups in total. The zero-order chi connectivity index (χ0) is 28.7. The standard InChI is InChI=1S/C29H24F3N7O2/c1-17-3-12-24-18(2)14-22-15-33-27(39(22)25(24)13-17)36-28(40)35-20-6-4-19(5-7-20)26-34-16-38(37-26)21-8-10-23(11-9-21)41-29(30,31)32/h3-14,16,18H,15H2,1-2H3,(H2,33,35,36,40). The smallest absolute Gasteiger partial charge is 0.406 e. The van der Waals surface area contributed by atoms with Crippen molar-refractivity contribution in [3.05, 3.63) is 96.0 Å². The number of alkyl halides is 3. The molecule has 41 heavy (non-hydrogen) atoms. The second-order valence-electron chi connectivity index (χ2n) is 9.70. The molecule has 0 spiro atoms. The van der Waals surface area contributed by atoms with Gasteiger partial charge in [0.05, 0.1) is 17.9 Å². The molecule has 0 saturated carbocycles. The van der Waals surface area contributed by atoms with Crippen LogP contribution in [0.4, 0.5) is 29.3 Å². The maximum absolute atomic E-state index is 12.9. The summed E-state index contributed by atoms with van der Waals surface area (Å²) in [4.78, 5) is 23.7. The van der Waals surface area contributed by atoms with E-state index < -0.39 is 12.4 Å². The van der Waals surface area contributed by atoms with E-state index >= 15 is 0 Å². The van der Waals surface area contributed by atoms with Crippen molar-refractivity contribution in [3.8, 4) is 22.8 Å². The lowest BCUT2D eigenvalue weighted by Gasteiger charge is -2.31. The Kier molecular flexibility index (Phi) is 6.45. The number of carbonyl (C=O) groups is 1. The molecule has 1 aromatic heterocycles. The van der Waals surface area contributed by atoms with Gasteiger partial charge in [-0.05, 0) is 72.6 Å². The zero-order valence-electron chi connectivity index (χ0n) is 22.0. The fourth-order valence-corrected chi connectivity index (χ4v) is 4.82. The topological polar surface area (TPSA) is 96.7 Å². The van der Waals surface area contributed by atoms with Crippen molar-refractivity contribution in [1.82, 2.24) is 20.1 Å². The molecule has 3 aromatic carbocycles. The number of benzene rings is 3. The monoisotopic (exact) mass is 559 g/mol. The number of amides is 2. The summed E-state index contributed by atoms with van der Waals surface area (Å²) >= 11 is 0. The fraction of sp³-hybridized carbons (Fsp3) is 0.172. The molecule has 4 aromatic rings. The van der Waals surface area contributed by atoms with Gasteiger partial charge in [-0.2, -0.15) is 0 Å². The Bertz CT molecular complexity index is 1680. The van der Waals surface area contributed by atoms with Crippen LogP contribution in [0.3, 0.4) is 0 Å². The van der Waals surface area contributed by atoms with Crippen molar-refractivity contribution in [1.29, 1.82) is 0 Å². The number of hydrogen-bond donors (Lipinski definition) is 2. The number of hydrogen-bond acceptors (Lipinski definition) is 6. The summed E-state index contributed by atoms with van der Waals surface area (Å²) in [6.45, 7) is 4.68. The molecule has 2 aliphatic heterocycles. The van der Waals surface area contributed by atoms with Crippen LogP contribution < -0.4 is 20.3 Å². The minimum Gasteiger partial charge on any atom is -0.406 e. The first kappa shape index (κ1) is 26.1. The average Bonchev–Trinajstić information content (AvgIpc) is 3.56. The van der Waals surface area contributed by atoms with Gasteiger partial charge in [0.15, 0.2) is 5.82 Å². The van der Waals surface area contributed by atoms with Crippen LogP contribution in [0.5, 0.6) is 5.75 Å². The van der Waals surface area contributed by atoms with E-state index in [1.165, 1.54) is 40.8 Å². The molecule has 2 amide bonds. The first-order valence-corrected chi connectivity index (χ1v) is 12.7. The number of nitrogens with one attached hydrogen (secondary N) is 2. The Hall–Kier alpha value is -5.13. The van der Waals surface area contributed by atoms with Gasteiger partial charge in [-0.25, -0.2) is 19.5 Å². The number of aliphatic imine (C=N–C) groups is 1. The predicted molar refractivity (Wildman–Crippen MR) is 148 cm³/mol. The molecule has 12 heteroatoms. The van der Waals surface area contributed by atoms with E-state index in [4.69, 9.17) is 0 Å².